The molecule has 1 saturated carbocycles. The smallest absolute Gasteiger partial charge is 0.318 e. The third-order valence-corrected chi connectivity index (χ3v) is 4.14. The Morgan fingerprint density at radius 2 is 1.72 bits per heavy atom. The van der Waals surface area contributed by atoms with Crippen molar-refractivity contribution in [3.05, 3.63) is 0 Å². The van der Waals surface area contributed by atoms with Crippen molar-refractivity contribution < 1.29 is 4.79 Å². The van der Waals surface area contributed by atoms with Gasteiger partial charge in [0.05, 0.1) is 6.67 Å². The maximum Gasteiger partial charge on any atom is 0.318 e. The van der Waals surface area contributed by atoms with Gasteiger partial charge in [0.25, 0.3) is 0 Å². The van der Waals surface area contributed by atoms with E-state index in [1.54, 1.807) is 0 Å². The molecule has 1 heterocycles. The Labute approximate surface area is 111 Å². The van der Waals surface area contributed by atoms with E-state index in [1.165, 1.54) is 38.5 Å². The van der Waals surface area contributed by atoms with Crippen LogP contribution >= 0.6 is 0 Å². The summed E-state index contributed by atoms with van der Waals surface area (Å²) in [6, 6.07) is 0.516. The van der Waals surface area contributed by atoms with E-state index in [-0.39, 0.29) is 6.03 Å². The zero-order chi connectivity index (χ0) is 12.8. The zero-order valence-electron chi connectivity index (χ0n) is 11.7. The van der Waals surface area contributed by atoms with E-state index in [0.29, 0.717) is 6.04 Å². The van der Waals surface area contributed by atoms with Crippen LogP contribution < -0.4 is 5.32 Å². The molecular weight excluding hydrogens is 226 g/mol. The first-order valence-electron chi connectivity index (χ1n) is 7.50. The molecule has 0 aromatic heterocycles. The van der Waals surface area contributed by atoms with Crippen LogP contribution in [0.1, 0.15) is 51.4 Å². The molecule has 4 heteroatoms. The van der Waals surface area contributed by atoms with Crippen molar-refractivity contribution in [2.24, 2.45) is 0 Å². The summed E-state index contributed by atoms with van der Waals surface area (Å²) < 4.78 is 0. The van der Waals surface area contributed by atoms with Crippen LogP contribution in [0, 0.1) is 0 Å². The second-order valence-electron chi connectivity index (χ2n) is 5.80. The molecule has 1 N–H and O–H groups in total. The van der Waals surface area contributed by atoms with Crippen LogP contribution in [-0.4, -0.2) is 48.7 Å². The Morgan fingerprint density at radius 3 is 2.39 bits per heavy atom. The van der Waals surface area contributed by atoms with Crippen molar-refractivity contribution in [3.8, 4) is 0 Å². The molecule has 0 aromatic rings. The number of amides is 2. The van der Waals surface area contributed by atoms with Crippen molar-refractivity contribution >= 4 is 6.03 Å². The summed E-state index contributed by atoms with van der Waals surface area (Å²) in [5.74, 6) is 0. The molecule has 2 fully saturated rings. The molecule has 4 nitrogen and oxygen atoms in total. The predicted octanol–water partition coefficient (Wildman–Crippen LogP) is 2.40. The summed E-state index contributed by atoms with van der Waals surface area (Å²) in [6.07, 6.45) is 10.1. The van der Waals surface area contributed by atoms with E-state index in [4.69, 9.17) is 0 Å². The molecule has 1 saturated heterocycles. The molecule has 18 heavy (non-hydrogen) atoms. The van der Waals surface area contributed by atoms with Crippen LogP contribution in [0.3, 0.4) is 0 Å². The fraction of sp³-hybridized carbons (Fsp3) is 0.929. The molecule has 1 aliphatic heterocycles. The molecule has 1 aliphatic carbocycles. The van der Waals surface area contributed by atoms with E-state index < -0.39 is 0 Å². The maximum absolute atomic E-state index is 12.1. The second-order valence-corrected chi connectivity index (χ2v) is 5.80. The molecule has 0 atom stereocenters. The number of carbonyl (C=O) groups excluding carboxylic acids is 1. The maximum atomic E-state index is 12.1. The number of hydrogen-bond acceptors (Lipinski definition) is 2. The van der Waals surface area contributed by atoms with Gasteiger partial charge >= 0.3 is 6.03 Å². The lowest BCUT2D eigenvalue weighted by molar-refractivity contribution is 0.135. The predicted molar refractivity (Wildman–Crippen MR) is 73.5 cm³/mol. The van der Waals surface area contributed by atoms with Crippen molar-refractivity contribution in [1.29, 1.82) is 0 Å². The molecule has 0 unspecified atom stereocenters. The number of piperidine rings is 1. The molecule has 2 aliphatic rings. The van der Waals surface area contributed by atoms with Crippen LogP contribution in [-0.2, 0) is 0 Å². The third kappa shape index (κ3) is 4.16. The van der Waals surface area contributed by atoms with E-state index >= 15 is 0 Å². The summed E-state index contributed by atoms with van der Waals surface area (Å²) in [6.45, 7) is 3.06. The number of hydrogen-bond donors (Lipinski definition) is 1. The van der Waals surface area contributed by atoms with E-state index in [0.717, 1.165) is 32.6 Å². The van der Waals surface area contributed by atoms with Gasteiger partial charge in [-0.05, 0) is 38.8 Å². The summed E-state index contributed by atoms with van der Waals surface area (Å²) in [5, 5.41) is 3.17. The monoisotopic (exact) mass is 253 g/mol. The minimum atomic E-state index is 0.104. The molecular formula is C14H27N3O. The van der Waals surface area contributed by atoms with E-state index in [2.05, 4.69) is 10.2 Å². The van der Waals surface area contributed by atoms with Gasteiger partial charge in [-0.2, -0.15) is 0 Å². The highest BCUT2D eigenvalue weighted by Crippen LogP contribution is 2.17. The minimum absolute atomic E-state index is 0.104. The normalized spacial score (nSPS) is 22.7. The largest absolute Gasteiger partial charge is 0.335 e. The number of rotatable bonds is 3. The molecule has 0 spiro atoms. The Balaban J connectivity index is 1.69. The third-order valence-electron chi connectivity index (χ3n) is 4.14. The summed E-state index contributed by atoms with van der Waals surface area (Å²) >= 11 is 0. The number of carbonyl (C=O) groups is 1. The van der Waals surface area contributed by atoms with Gasteiger partial charge < -0.3 is 10.2 Å². The van der Waals surface area contributed by atoms with Crippen LogP contribution in [0.15, 0.2) is 0 Å². The van der Waals surface area contributed by atoms with Gasteiger partial charge in [-0.3, -0.25) is 4.90 Å². The number of nitrogens with zero attached hydrogens (tertiary/aromatic N) is 2. The van der Waals surface area contributed by atoms with Crippen molar-refractivity contribution in [1.82, 2.24) is 15.1 Å². The van der Waals surface area contributed by atoms with Gasteiger partial charge in [0.15, 0.2) is 0 Å². The van der Waals surface area contributed by atoms with Crippen LogP contribution in [0.2, 0.25) is 0 Å². The molecule has 2 rings (SSSR count). The number of urea groups is 1. The molecule has 2 amide bonds. The van der Waals surface area contributed by atoms with Gasteiger partial charge in [-0.15, -0.1) is 0 Å². The highest BCUT2D eigenvalue weighted by Gasteiger charge is 2.19. The summed E-state index contributed by atoms with van der Waals surface area (Å²) in [7, 11) is 1.91. The average Bonchev–Trinajstić information content (AvgIpc) is 2.41. The lowest BCUT2D eigenvalue weighted by atomic mass is 9.96. The van der Waals surface area contributed by atoms with Gasteiger partial charge in [0.1, 0.15) is 0 Å². The van der Waals surface area contributed by atoms with Crippen molar-refractivity contribution in [2.45, 2.75) is 57.4 Å². The fourth-order valence-corrected chi connectivity index (χ4v) is 3.00. The first-order valence-corrected chi connectivity index (χ1v) is 7.50. The Kier molecular flexibility index (Phi) is 5.29. The van der Waals surface area contributed by atoms with Crippen molar-refractivity contribution in [2.75, 3.05) is 26.8 Å². The van der Waals surface area contributed by atoms with Gasteiger partial charge in [-0.25, -0.2) is 4.79 Å². The number of likely N-dealkylation sites (tertiary alicyclic amines) is 1. The summed E-state index contributed by atoms with van der Waals surface area (Å²) in [4.78, 5) is 16.3. The first-order chi connectivity index (χ1) is 8.75. The molecule has 0 bridgehead atoms. The second kappa shape index (κ2) is 6.98. The molecule has 104 valence electrons. The number of nitrogens with one attached hydrogen (secondary N) is 1. The lowest BCUT2D eigenvalue weighted by Crippen LogP contribution is -2.48. The Bertz CT molecular complexity index is 258. The Morgan fingerprint density at radius 1 is 1.11 bits per heavy atom. The quantitative estimate of drug-likeness (QED) is 0.838. The van der Waals surface area contributed by atoms with Crippen molar-refractivity contribution in [3.63, 3.8) is 0 Å². The zero-order valence-corrected chi connectivity index (χ0v) is 11.7. The minimum Gasteiger partial charge on any atom is -0.335 e. The SMILES string of the molecule is CN(CN1CCCCC1)C(=O)NC1CCCCC1. The van der Waals surface area contributed by atoms with E-state index in [1.807, 2.05) is 11.9 Å². The highest BCUT2D eigenvalue weighted by molar-refractivity contribution is 5.74. The standard InChI is InChI=1S/C14H27N3O/c1-16(12-17-10-6-3-7-11-17)14(18)15-13-8-4-2-5-9-13/h13H,2-12H2,1H3,(H,15,18). The van der Waals surface area contributed by atoms with Crippen LogP contribution in [0.25, 0.3) is 0 Å². The average molecular weight is 253 g/mol. The van der Waals surface area contributed by atoms with E-state index in [9.17, 15) is 4.79 Å². The first kappa shape index (κ1) is 13.7. The molecule has 0 aromatic carbocycles. The Hall–Kier alpha value is -0.770. The lowest BCUT2D eigenvalue weighted by Gasteiger charge is -2.32. The van der Waals surface area contributed by atoms with Gasteiger partial charge in [0, 0.05) is 13.1 Å². The summed E-state index contributed by atoms with van der Waals surface area (Å²) in [5.41, 5.74) is 0. The molecule has 0 radical (unpaired) electrons. The fourth-order valence-electron chi connectivity index (χ4n) is 3.00. The van der Waals surface area contributed by atoms with Gasteiger partial charge in [-0.1, -0.05) is 25.7 Å². The highest BCUT2D eigenvalue weighted by atomic mass is 16.2. The van der Waals surface area contributed by atoms with Crippen LogP contribution in [0.4, 0.5) is 4.79 Å². The topological polar surface area (TPSA) is 35.6 Å². The van der Waals surface area contributed by atoms with Crippen LogP contribution in [0.5, 0.6) is 0 Å². The van der Waals surface area contributed by atoms with Gasteiger partial charge in [0.2, 0.25) is 0 Å².